The van der Waals surface area contributed by atoms with E-state index in [4.69, 9.17) is 5.26 Å². The minimum Gasteiger partial charge on any atom is -0.258 e. The third-order valence-corrected chi connectivity index (χ3v) is 3.07. The summed E-state index contributed by atoms with van der Waals surface area (Å²) in [5.74, 6) is 5.75. The van der Waals surface area contributed by atoms with Crippen LogP contribution in [0, 0.1) is 33.3 Å². The number of rotatable bonds is 1. The van der Waals surface area contributed by atoms with Crippen LogP contribution in [-0.4, -0.2) is 4.92 Å². The highest BCUT2D eigenvalue weighted by molar-refractivity contribution is 7.15. The fourth-order valence-electron chi connectivity index (χ4n) is 1.25. The van der Waals surface area contributed by atoms with Crippen molar-refractivity contribution in [2.45, 2.75) is 0 Å². The molecule has 0 saturated heterocycles. The minimum atomic E-state index is -0.433. The summed E-state index contributed by atoms with van der Waals surface area (Å²) in [5, 5.41) is 19.2. The molecule has 0 aliphatic rings. The van der Waals surface area contributed by atoms with Crippen LogP contribution in [0.3, 0.4) is 0 Å². The van der Waals surface area contributed by atoms with Crippen molar-refractivity contribution in [3.05, 3.63) is 62.5 Å². The van der Waals surface area contributed by atoms with Gasteiger partial charge >= 0.3 is 5.00 Å². The SMILES string of the molecule is N#Cc1ccc(C#Cc2ccc([N+](=O)[O-])s2)cc1. The molecule has 0 bridgehead atoms. The molecule has 0 unspecified atom stereocenters. The van der Waals surface area contributed by atoms with Gasteiger partial charge in [-0.15, -0.1) is 0 Å². The van der Waals surface area contributed by atoms with Crippen molar-refractivity contribution < 1.29 is 4.92 Å². The fourth-order valence-corrected chi connectivity index (χ4v) is 1.93. The molecule has 0 radical (unpaired) electrons. The van der Waals surface area contributed by atoms with Gasteiger partial charge in [-0.3, -0.25) is 10.1 Å². The van der Waals surface area contributed by atoms with Crippen LogP contribution in [0.2, 0.25) is 0 Å². The molecule has 86 valence electrons. The summed E-state index contributed by atoms with van der Waals surface area (Å²) in [5.41, 5.74) is 1.34. The number of benzene rings is 1. The average molecular weight is 254 g/mol. The molecule has 0 spiro atoms. The van der Waals surface area contributed by atoms with Gasteiger partial charge in [-0.2, -0.15) is 5.26 Å². The zero-order valence-corrected chi connectivity index (χ0v) is 9.90. The van der Waals surface area contributed by atoms with Crippen LogP contribution in [0.25, 0.3) is 0 Å². The number of nitriles is 1. The van der Waals surface area contributed by atoms with Crippen LogP contribution in [0.5, 0.6) is 0 Å². The molecule has 0 saturated carbocycles. The summed E-state index contributed by atoms with van der Waals surface area (Å²) in [7, 11) is 0. The summed E-state index contributed by atoms with van der Waals surface area (Å²) in [6.45, 7) is 0. The Balaban J connectivity index is 2.20. The van der Waals surface area contributed by atoms with E-state index in [2.05, 4.69) is 11.8 Å². The van der Waals surface area contributed by atoms with Crippen molar-refractivity contribution in [2.24, 2.45) is 0 Å². The number of nitro groups is 1. The Morgan fingerprint density at radius 1 is 1.06 bits per heavy atom. The quantitative estimate of drug-likeness (QED) is 0.446. The molecule has 4 nitrogen and oxygen atoms in total. The molecule has 0 N–H and O–H groups in total. The molecular weight excluding hydrogens is 248 g/mol. The third-order valence-electron chi connectivity index (χ3n) is 2.12. The highest BCUT2D eigenvalue weighted by Crippen LogP contribution is 2.22. The molecule has 2 aromatic rings. The van der Waals surface area contributed by atoms with Crippen molar-refractivity contribution in [1.29, 1.82) is 5.26 Å². The van der Waals surface area contributed by atoms with Crippen molar-refractivity contribution in [2.75, 3.05) is 0 Å². The van der Waals surface area contributed by atoms with E-state index in [-0.39, 0.29) is 5.00 Å². The molecule has 0 aliphatic carbocycles. The van der Waals surface area contributed by atoms with Crippen LogP contribution in [0.15, 0.2) is 36.4 Å². The van der Waals surface area contributed by atoms with Gasteiger partial charge in [0, 0.05) is 11.6 Å². The van der Waals surface area contributed by atoms with E-state index in [0.717, 1.165) is 16.9 Å². The molecule has 18 heavy (non-hydrogen) atoms. The second-order valence-corrected chi connectivity index (χ2v) is 4.40. The van der Waals surface area contributed by atoms with E-state index >= 15 is 0 Å². The predicted octanol–water partition coefficient (Wildman–Crippen LogP) is 2.93. The minimum absolute atomic E-state index is 0.0825. The normalized spacial score (nSPS) is 9.06. The second-order valence-electron chi connectivity index (χ2n) is 3.33. The van der Waals surface area contributed by atoms with Gasteiger partial charge in [0.25, 0.3) is 0 Å². The number of hydrogen-bond donors (Lipinski definition) is 0. The molecule has 1 heterocycles. The van der Waals surface area contributed by atoms with Gasteiger partial charge in [-0.1, -0.05) is 23.2 Å². The number of thiophene rings is 1. The van der Waals surface area contributed by atoms with Crippen LogP contribution in [0.1, 0.15) is 16.0 Å². The highest BCUT2D eigenvalue weighted by atomic mass is 32.1. The molecule has 1 aromatic carbocycles. The predicted molar refractivity (Wildman–Crippen MR) is 68.1 cm³/mol. The van der Waals surface area contributed by atoms with Gasteiger partial charge in [0.1, 0.15) is 0 Å². The first kappa shape index (κ1) is 11.8. The number of hydrogen-bond acceptors (Lipinski definition) is 4. The van der Waals surface area contributed by atoms with E-state index < -0.39 is 4.92 Å². The van der Waals surface area contributed by atoms with Crippen LogP contribution in [0.4, 0.5) is 5.00 Å². The smallest absolute Gasteiger partial charge is 0.258 e. The molecule has 0 amide bonds. The van der Waals surface area contributed by atoms with Crippen molar-refractivity contribution in [3.63, 3.8) is 0 Å². The van der Waals surface area contributed by atoms with E-state index in [0.29, 0.717) is 10.4 Å². The maximum Gasteiger partial charge on any atom is 0.325 e. The maximum absolute atomic E-state index is 10.5. The van der Waals surface area contributed by atoms with Crippen molar-refractivity contribution in [3.8, 4) is 17.9 Å². The van der Waals surface area contributed by atoms with E-state index in [1.165, 1.54) is 6.07 Å². The first-order chi connectivity index (χ1) is 8.69. The Morgan fingerprint density at radius 3 is 2.28 bits per heavy atom. The number of nitrogens with zero attached hydrogens (tertiary/aromatic N) is 2. The van der Waals surface area contributed by atoms with Gasteiger partial charge in [-0.05, 0) is 30.3 Å². The maximum atomic E-state index is 10.5. The second kappa shape index (κ2) is 5.13. The van der Waals surface area contributed by atoms with Gasteiger partial charge in [0.2, 0.25) is 0 Å². The van der Waals surface area contributed by atoms with Crippen molar-refractivity contribution in [1.82, 2.24) is 0 Å². The first-order valence-corrected chi connectivity index (χ1v) is 5.77. The molecule has 0 atom stereocenters. The van der Waals surface area contributed by atoms with Crippen LogP contribution in [-0.2, 0) is 0 Å². The standard InChI is InChI=1S/C13H6N2O2S/c14-9-11-3-1-10(2-4-11)5-6-12-7-8-13(18-12)15(16)17/h1-4,7-8H. The lowest BCUT2D eigenvalue weighted by molar-refractivity contribution is -0.380. The van der Waals surface area contributed by atoms with E-state index in [9.17, 15) is 10.1 Å². The lowest BCUT2D eigenvalue weighted by Crippen LogP contribution is -1.80. The van der Waals surface area contributed by atoms with Gasteiger partial charge in [-0.25, -0.2) is 0 Å². The van der Waals surface area contributed by atoms with Crippen LogP contribution >= 0.6 is 11.3 Å². The van der Waals surface area contributed by atoms with Crippen LogP contribution < -0.4 is 0 Å². The first-order valence-electron chi connectivity index (χ1n) is 4.95. The van der Waals surface area contributed by atoms with Crippen molar-refractivity contribution >= 4 is 16.3 Å². The monoisotopic (exact) mass is 254 g/mol. The lowest BCUT2D eigenvalue weighted by atomic mass is 10.1. The van der Waals surface area contributed by atoms with E-state index in [1.807, 2.05) is 6.07 Å². The van der Waals surface area contributed by atoms with Gasteiger partial charge in [0.05, 0.1) is 21.4 Å². The zero-order chi connectivity index (χ0) is 13.0. The molecule has 5 heteroatoms. The topological polar surface area (TPSA) is 66.9 Å². The summed E-state index contributed by atoms with van der Waals surface area (Å²) >= 11 is 1.04. The largest absolute Gasteiger partial charge is 0.325 e. The third kappa shape index (κ3) is 2.73. The summed E-state index contributed by atoms with van der Waals surface area (Å²) < 4.78 is 0. The zero-order valence-electron chi connectivity index (χ0n) is 9.08. The van der Waals surface area contributed by atoms with Gasteiger partial charge < -0.3 is 0 Å². The van der Waals surface area contributed by atoms with E-state index in [1.54, 1.807) is 30.3 Å². The Bertz CT molecular complexity index is 684. The molecule has 1 aromatic heterocycles. The Kier molecular flexibility index (Phi) is 3.38. The summed E-state index contributed by atoms with van der Waals surface area (Å²) in [6, 6.07) is 11.9. The fraction of sp³-hybridized carbons (Fsp3) is 0. The Labute approximate surface area is 107 Å². The summed E-state index contributed by atoms with van der Waals surface area (Å²) in [4.78, 5) is 10.7. The molecule has 2 rings (SSSR count). The Morgan fingerprint density at radius 2 is 1.72 bits per heavy atom. The average Bonchev–Trinajstić information content (AvgIpc) is 2.86. The Hall–Kier alpha value is -2.63. The molecular formula is C13H6N2O2S. The molecule has 0 fully saturated rings. The highest BCUT2D eigenvalue weighted by Gasteiger charge is 2.07. The summed E-state index contributed by atoms with van der Waals surface area (Å²) in [6.07, 6.45) is 0. The van der Waals surface area contributed by atoms with Gasteiger partial charge in [0.15, 0.2) is 0 Å². The molecule has 0 aliphatic heterocycles. The lowest BCUT2D eigenvalue weighted by Gasteiger charge is -1.89.